The quantitative estimate of drug-likeness (QED) is 0.569. The minimum atomic E-state index is -2.43. The van der Waals surface area contributed by atoms with Crippen molar-refractivity contribution in [2.75, 3.05) is 0 Å². The molecule has 1 saturated carbocycles. The molecule has 2 heteroatoms. The summed E-state index contributed by atoms with van der Waals surface area (Å²) in [7, 11) is 0. The average Bonchev–Trinajstić information content (AvgIpc) is 2.86. The van der Waals surface area contributed by atoms with Crippen LogP contribution < -0.4 is 0 Å². The minimum Gasteiger partial charge on any atom is -0.206 e. The van der Waals surface area contributed by atoms with Crippen molar-refractivity contribution in [2.45, 2.75) is 17.8 Å². The number of benzene rings is 1. The monoisotopic (exact) mass is 204 g/mol. The first-order valence-electron chi connectivity index (χ1n) is 5.36. The van der Waals surface area contributed by atoms with Crippen LogP contribution in [0.3, 0.4) is 0 Å². The van der Waals surface area contributed by atoms with E-state index in [2.05, 4.69) is 0 Å². The van der Waals surface area contributed by atoms with Gasteiger partial charge in [-0.1, -0.05) is 36.4 Å². The molecule has 2 bridgehead atoms. The summed E-state index contributed by atoms with van der Waals surface area (Å²) in [6.45, 7) is 0. The smallest absolute Gasteiger partial charge is 0.206 e. The second-order valence-electron chi connectivity index (χ2n) is 4.79. The summed E-state index contributed by atoms with van der Waals surface area (Å²) in [6.07, 6.45) is 3.96. The molecule has 0 unspecified atom stereocenters. The van der Waals surface area contributed by atoms with Crippen LogP contribution in [0.2, 0.25) is 0 Å². The van der Waals surface area contributed by atoms with Crippen molar-refractivity contribution in [3.8, 4) is 0 Å². The van der Waals surface area contributed by atoms with Crippen LogP contribution >= 0.6 is 0 Å². The molecule has 1 aromatic rings. The molecule has 5 rings (SSSR count). The van der Waals surface area contributed by atoms with Crippen molar-refractivity contribution < 1.29 is 8.78 Å². The van der Waals surface area contributed by atoms with Crippen LogP contribution in [-0.2, 0) is 0 Å². The maximum atomic E-state index is 13.6. The van der Waals surface area contributed by atoms with E-state index in [-0.39, 0.29) is 11.8 Å². The van der Waals surface area contributed by atoms with E-state index in [1.54, 1.807) is 0 Å². The second-order valence-corrected chi connectivity index (χ2v) is 4.79. The summed E-state index contributed by atoms with van der Waals surface area (Å²) in [5, 5.41) is 0. The van der Waals surface area contributed by atoms with Gasteiger partial charge in [-0.05, 0) is 11.1 Å². The lowest BCUT2D eigenvalue weighted by molar-refractivity contribution is 0.0829. The van der Waals surface area contributed by atoms with Gasteiger partial charge in [0.1, 0.15) is 0 Å². The van der Waals surface area contributed by atoms with Crippen molar-refractivity contribution in [3.05, 3.63) is 47.5 Å². The van der Waals surface area contributed by atoms with Gasteiger partial charge < -0.3 is 0 Å². The van der Waals surface area contributed by atoms with E-state index < -0.39 is 17.8 Å². The highest BCUT2D eigenvalue weighted by Gasteiger charge is 2.75. The molecule has 0 N–H and O–H groups in total. The fraction of sp³-hybridized carbons (Fsp3) is 0.385. The highest BCUT2D eigenvalue weighted by Crippen LogP contribution is 2.72. The van der Waals surface area contributed by atoms with E-state index in [1.165, 1.54) is 0 Å². The van der Waals surface area contributed by atoms with E-state index in [1.807, 2.05) is 36.4 Å². The predicted octanol–water partition coefficient (Wildman–Crippen LogP) is 3.32. The molecule has 0 spiro atoms. The Labute approximate surface area is 86.6 Å². The minimum absolute atomic E-state index is 0.0359. The van der Waals surface area contributed by atoms with Crippen molar-refractivity contribution in [1.29, 1.82) is 0 Å². The summed E-state index contributed by atoms with van der Waals surface area (Å²) < 4.78 is 27.1. The maximum absolute atomic E-state index is 13.6. The van der Waals surface area contributed by atoms with Gasteiger partial charge in [-0.3, -0.25) is 0 Å². The molecule has 76 valence electrons. The summed E-state index contributed by atoms with van der Waals surface area (Å²) in [4.78, 5) is 0. The Bertz CT molecular complexity index is 434. The summed E-state index contributed by atoms with van der Waals surface area (Å²) in [5.41, 5.74) is 2.26. The van der Waals surface area contributed by atoms with Crippen LogP contribution in [0.25, 0.3) is 0 Å². The molecule has 0 amide bonds. The molecule has 4 atom stereocenters. The van der Waals surface area contributed by atoms with Crippen LogP contribution in [0.15, 0.2) is 36.4 Å². The summed E-state index contributed by atoms with van der Waals surface area (Å²) >= 11 is 0. The lowest BCUT2D eigenvalue weighted by Crippen LogP contribution is -2.19. The lowest BCUT2D eigenvalue weighted by atomic mass is 9.72. The van der Waals surface area contributed by atoms with E-state index in [4.69, 9.17) is 0 Å². The zero-order valence-corrected chi connectivity index (χ0v) is 8.03. The van der Waals surface area contributed by atoms with Gasteiger partial charge >= 0.3 is 0 Å². The van der Waals surface area contributed by atoms with Crippen molar-refractivity contribution in [3.63, 3.8) is 0 Å². The van der Waals surface area contributed by atoms with Gasteiger partial charge in [-0.25, -0.2) is 8.78 Å². The van der Waals surface area contributed by atoms with Crippen molar-refractivity contribution in [1.82, 2.24) is 0 Å². The van der Waals surface area contributed by atoms with Crippen molar-refractivity contribution >= 4 is 0 Å². The number of allylic oxidation sites excluding steroid dienone is 2. The maximum Gasteiger partial charge on any atom is 0.256 e. The van der Waals surface area contributed by atoms with Gasteiger partial charge in [-0.15, -0.1) is 0 Å². The molecule has 1 aromatic carbocycles. The van der Waals surface area contributed by atoms with E-state index in [0.29, 0.717) is 0 Å². The van der Waals surface area contributed by atoms with Gasteiger partial charge in [0, 0.05) is 23.7 Å². The Morgan fingerprint density at radius 3 is 1.80 bits per heavy atom. The Morgan fingerprint density at radius 1 is 0.867 bits per heavy atom. The number of hydrogen-bond donors (Lipinski definition) is 0. The SMILES string of the molecule is FC1(F)[C@@H]2[C@H]1[C@@H]1C=C[C@H]2c2ccccc21. The molecule has 0 aliphatic heterocycles. The van der Waals surface area contributed by atoms with Crippen LogP contribution in [0.5, 0.6) is 0 Å². The summed E-state index contributed by atoms with van der Waals surface area (Å²) in [5.74, 6) is -3.33. The highest BCUT2D eigenvalue weighted by molar-refractivity contribution is 5.51. The molecule has 4 aliphatic carbocycles. The molecule has 15 heavy (non-hydrogen) atoms. The molecule has 0 heterocycles. The van der Waals surface area contributed by atoms with Crippen LogP contribution in [-0.4, -0.2) is 5.92 Å². The molecule has 0 saturated heterocycles. The Hall–Kier alpha value is -1.18. The first-order chi connectivity index (χ1) is 7.21. The Kier molecular flexibility index (Phi) is 1.15. The average molecular weight is 204 g/mol. The fourth-order valence-electron chi connectivity index (χ4n) is 3.49. The number of rotatable bonds is 0. The third-order valence-electron chi connectivity index (χ3n) is 4.18. The zero-order valence-electron chi connectivity index (χ0n) is 8.03. The molecule has 0 aromatic heterocycles. The fourth-order valence-corrected chi connectivity index (χ4v) is 3.49. The largest absolute Gasteiger partial charge is 0.256 e. The number of hydrogen-bond acceptors (Lipinski definition) is 0. The standard InChI is InChI=1S/C13H10F2/c14-13(15)11-9-5-6-10(12(11)13)8-4-2-1-3-7(8)9/h1-6,9-12H/t9-,10+,11-,12+. The van der Waals surface area contributed by atoms with Gasteiger partial charge in [0.05, 0.1) is 0 Å². The molecule has 1 fully saturated rings. The molecular formula is C13H10F2. The molecule has 4 aliphatic rings. The lowest BCUT2D eigenvalue weighted by Gasteiger charge is -2.31. The van der Waals surface area contributed by atoms with Crippen LogP contribution in [0.1, 0.15) is 23.0 Å². The topological polar surface area (TPSA) is 0 Å². The first kappa shape index (κ1) is 8.03. The molecular weight excluding hydrogens is 194 g/mol. The van der Waals surface area contributed by atoms with Crippen molar-refractivity contribution in [2.24, 2.45) is 11.8 Å². The van der Waals surface area contributed by atoms with Crippen LogP contribution in [0, 0.1) is 11.8 Å². The number of halogens is 2. The number of alkyl halides is 2. The Morgan fingerprint density at radius 2 is 1.33 bits per heavy atom. The molecule has 0 radical (unpaired) electrons. The normalized spacial score (nSPS) is 42.3. The van der Waals surface area contributed by atoms with Gasteiger partial charge in [-0.2, -0.15) is 0 Å². The van der Waals surface area contributed by atoms with Gasteiger partial charge in [0.25, 0.3) is 5.92 Å². The van der Waals surface area contributed by atoms with E-state index in [9.17, 15) is 8.78 Å². The van der Waals surface area contributed by atoms with Gasteiger partial charge in [0.2, 0.25) is 0 Å². The third-order valence-corrected chi connectivity index (χ3v) is 4.18. The van der Waals surface area contributed by atoms with Gasteiger partial charge in [0.15, 0.2) is 0 Å². The highest BCUT2D eigenvalue weighted by atomic mass is 19.3. The first-order valence-corrected chi connectivity index (χ1v) is 5.36. The Balaban J connectivity index is 1.95. The van der Waals surface area contributed by atoms with Crippen LogP contribution in [0.4, 0.5) is 8.78 Å². The zero-order chi connectivity index (χ0) is 10.2. The predicted molar refractivity (Wildman–Crippen MR) is 53.0 cm³/mol. The van der Waals surface area contributed by atoms with E-state index >= 15 is 0 Å². The van der Waals surface area contributed by atoms with E-state index in [0.717, 1.165) is 11.1 Å². The third kappa shape index (κ3) is 0.747. The molecule has 0 nitrogen and oxygen atoms in total. The second kappa shape index (κ2) is 2.16. The summed E-state index contributed by atoms with van der Waals surface area (Å²) in [6, 6.07) is 7.90.